The minimum absolute atomic E-state index is 0.549. The Kier molecular flexibility index (Phi) is 6.83. The first kappa shape index (κ1) is 14.3. The maximum Gasteiger partial charge on any atom is 0.416 e. The van der Waals surface area contributed by atoms with Crippen LogP contribution < -0.4 is 5.32 Å². The summed E-state index contributed by atoms with van der Waals surface area (Å²) in [5, 5.41) is 2.57. The van der Waals surface area contributed by atoms with Gasteiger partial charge in [-0.3, -0.25) is 0 Å². The average Bonchev–Trinajstić information content (AvgIpc) is 2.18. The van der Waals surface area contributed by atoms with Gasteiger partial charge in [-0.25, -0.2) is 4.79 Å². The summed E-state index contributed by atoms with van der Waals surface area (Å²) in [4.78, 5) is 11.3. The maximum atomic E-state index is 11.3. The molecule has 92 valence electrons. The second kappa shape index (κ2) is 7.62. The van der Waals surface area contributed by atoms with Crippen molar-refractivity contribution in [3.8, 4) is 0 Å². The number of unbranched alkanes of at least 4 members (excludes halogenated alkanes) is 1. The highest BCUT2D eigenvalue weighted by atomic mass is 16.9. The molecule has 0 aliphatic heterocycles. The van der Waals surface area contributed by atoms with Crippen molar-refractivity contribution in [1.82, 2.24) is 5.32 Å². The van der Waals surface area contributed by atoms with Gasteiger partial charge < -0.3 is 19.5 Å². The first-order valence-electron chi connectivity index (χ1n) is 5.12. The third-order valence-corrected chi connectivity index (χ3v) is 1.67. The molecule has 0 fully saturated rings. The Hall–Kier alpha value is -1.65. The van der Waals surface area contributed by atoms with Gasteiger partial charge in [0.2, 0.25) is 0 Å². The summed E-state index contributed by atoms with van der Waals surface area (Å²) in [6.45, 7) is 10.7. The van der Waals surface area contributed by atoms with Crippen molar-refractivity contribution in [2.45, 2.75) is 32.7 Å². The largest absolute Gasteiger partial charge is 0.429 e. The summed E-state index contributed by atoms with van der Waals surface area (Å²) in [6, 6.07) is 0. The van der Waals surface area contributed by atoms with Gasteiger partial charge in [0.15, 0.2) is 0 Å². The lowest BCUT2D eigenvalue weighted by molar-refractivity contribution is -0.298. The number of rotatable bonds is 8. The highest BCUT2D eigenvalue weighted by Gasteiger charge is 2.31. The van der Waals surface area contributed by atoms with Crippen LogP contribution in [0.4, 0.5) is 4.79 Å². The summed E-state index contributed by atoms with van der Waals surface area (Å²) in [7, 11) is 0. The molecule has 0 aliphatic rings. The van der Waals surface area contributed by atoms with Crippen LogP contribution in [0.2, 0.25) is 0 Å². The fraction of sp³-hybridized carbons (Fsp3) is 0.545. The molecule has 0 aromatic rings. The van der Waals surface area contributed by atoms with Gasteiger partial charge in [-0.1, -0.05) is 26.5 Å². The molecular weight excluding hydrogens is 210 g/mol. The van der Waals surface area contributed by atoms with Crippen LogP contribution in [-0.4, -0.2) is 18.6 Å². The monoisotopic (exact) mass is 229 g/mol. The van der Waals surface area contributed by atoms with E-state index < -0.39 is 12.1 Å². The minimum Gasteiger partial charge on any atom is -0.429 e. The number of hydrogen-bond donors (Lipinski definition) is 1. The zero-order valence-corrected chi connectivity index (χ0v) is 9.82. The van der Waals surface area contributed by atoms with Gasteiger partial charge in [-0.15, -0.1) is 0 Å². The molecular formula is C11H19NO4. The van der Waals surface area contributed by atoms with E-state index in [1.54, 1.807) is 0 Å². The van der Waals surface area contributed by atoms with Gasteiger partial charge in [0.05, 0.1) is 19.4 Å². The van der Waals surface area contributed by atoms with E-state index in [0.29, 0.717) is 6.54 Å². The fourth-order valence-corrected chi connectivity index (χ4v) is 0.950. The molecule has 0 saturated heterocycles. The second-order valence-electron chi connectivity index (χ2n) is 3.10. The van der Waals surface area contributed by atoms with Gasteiger partial charge in [0.1, 0.15) is 0 Å². The van der Waals surface area contributed by atoms with Crippen LogP contribution in [0.1, 0.15) is 26.7 Å². The molecule has 0 radical (unpaired) electrons. The molecule has 0 aromatic carbocycles. The molecule has 5 heteroatoms. The zero-order chi connectivity index (χ0) is 12.4. The first-order valence-corrected chi connectivity index (χ1v) is 5.12. The van der Waals surface area contributed by atoms with Gasteiger partial charge in [0, 0.05) is 6.54 Å². The topological polar surface area (TPSA) is 56.8 Å². The van der Waals surface area contributed by atoms with Crippen molar-refractivity contribution >= 4 is 6.09 Å². The number of amides is 1. The van der Waals surface area contributed by atoms with Crippen LogP contribution in [0.5, 0.6) is 0 Å². The van der Waals surface area contributed by atoms with Crippen molar-refractivity contribution in [2.24, 2.45) is 0 Å². The molecule has 0 spiro atoms. The highest BCUT2D eigenvalue weighted by molar-refractivity contribution is 5.67. The maximum absolute atomic E-state index is 11.3. The number of hydrogen-bond acceptors (Lipinski definition) is 4. The first-order chi connectivity index (χ1) is 7.58. The van der Waals surface area contributed by atoms with Crippen molar-refractivity contribution in [1.29, 1.82) is 0 Å². The van der Waals surface area contributed by atoms with E-state index in [9.17, 15) is 4.79 Å². The molecule has 0 atom stereocenters. The average molecular weight is 229 g/mol. The second-order valence-corrected chi connectivity index (χ2v) is 3.10. The Bertz CT molecular complexity index is 230. The van der Waals surface area contributed by atoms with Crippen molar-refractivity contribution in [3.05, 3.63) is 25.7 Å². The lowest BCUT2D eigenvalue weighted by Crippen LogP contribution is -2.39. The van der Waals surface area contributed by atoms with E-state index in [-0.39, 0.29) is 0 Å². The predicted octanol–water partition coefficient (Wildman–Crippen LogP) is 2.51. The Balaban J connectivity index is 4.11. The molecule has 0 rings (SSSR count). The summed E-state index contributed by atoms with van der Waals surface area (Å²) in [5.41, 5.74) is 0. The zero-order valence-electron chi connectivity index (χ0n) is 9.82. The third kappa shape index (κ3) is 5.95. The number of alkyl carbamates (subject to hydrolysis) is 1. The van der Waals surface area contributed by atoms with Crippen molar-refractivity contribution in [2.75, 3.05) is 6.54 Å². The Labute approximate surface area is 96.1 Å². The number of carbonyl (C=O) groups excluding carboxylic acids is 1. The molecule has 16 heavy (non-hydrogen) atoms. The van der Waals surface area contributed by atoms with Crippen LogP contribution in [-0.2, 0) is 14.2 Å². The van der Waals surface area contributed by atoms with Gasteiger partial charge in [-0.05, 0) is 6.42 Å². The summed E-state index contributed by atoms with van der Waals surface area (Å²) < 4.78 is 14.8. The molecule has 5 nitrogen and oxygen atoms in total. The SMILES string of the molecule is C=COC(C)(OC=C)OC(=O)NCCCC. The lowest BCUT2D eigenvalue weighted by Gasteiger charge is -2.26. The van der Waals surface area contributed by atoms with E-state index in [1.807, 2.05) is 6.92 Å². The third-order valence-electron chi connectivity index (χ3n) is 1.67. The summed E-state index contributed by atoms with van der Waals surface area (Å²) in [5.74, 6) is -1.53. The van der Waals surface area contributed by atoms with E-state index in [0.717, 1.165) is 25.4 Å². The van der Waals surface area contributed by atoms with Crippen LogP contribution in [0.3, 0.4) is 0 Å². The Morgan fingerprint density at radius 2 is 1.94 bits per heavy atom. The molecule has 0 aromatic heterocycles. The number of ether oxygens (including phenoxy) is 3. The van der Waals surface area contributed by atoms with Crippen LogP contribution in [0.25, 0.3) is 0 Å². The van der Waals surface area contributed by atoms with Crippen LogP contribution in [0, 0.1) is 0 Å². The Morgan fingerprint density at radius 3 is 2.38 bits per heavy atom. The quantitative estimate of drug-likeness (QED) is 0.394. The molecule has 0 bridgehead atoms. The predicted molar refractivity (Wildman–Crippen MR) is 60.4 cm³/mol. The molecule has 0 saturated carbocycles. The molecule has 0 unspecified atom stereocenters. The van der Waals surface area contributed by atoms with Crippen LogP contribution >= 0.6 is 0 Å². The van der Waals surface area contributed by atoms with E-state index >= 15 is 0 Å². The van der Waals surface area contributed by atoms with Crippen molar-refractivity contribution in [3.63, 3.8) is 0 Å². The number of nitrogens with one attached hydrogen (secondary N) is 1. The summed E-state index contributed by atoms with van der Waals surface area (Å²) in [6.07, 6.45) is 3.52. The molecule has 0 heterocycles. The Morgan fingerprint density at radius 1 is 1.38 bits per heavy atom. The standard InChI is InChI=1S/C11H19NO4/c1-5-8-9-12-10(13)16-11(4,14-6-2)15-7-3/h6-7H,2-3,5,8-9H2,1,4H3,(H,12,13). The summed E-state index contributed by atoms with van der Waals surface area (Å²) >= 11 is 0. The van der Waals surface area contributed by atoms with Gasteiger partial charge >= 0.3 is 12.1 Å². The van der Waals surface area contributed by atoms with E-state index in [1.165, 1.54) is 6.92 Å². The van der Waals surface area contributed by atoms with Crippen molar-refractivity contribution < 1.29 is 19.0 Å². The van der Waals surface area contributed by atoms with Gasteiger partial charge in [0.25, 0.3) is 0 Å². The van der Waals surface area contributed by atoms with E-state index in [4.69, 9.17) is 14.2 Å². The molecule has 1 amide bonds. The van der Waals surface area contributed by atoms with E-state index in [2.05, 4.69) is 18.5 Å². The smallest absolute Gasteiger partial charge is 0.416 e. The highest BCUT2D eigenvalue weighted by Crippen LogP contribution is 2.15. The lowest BCUT2D eigenvalue weighted by atomic mass is 10.3. The van der Waals surface area contributed by atoms with Crippen LogP contribution in [0.15, 0.2) is 25.7 Å². The normalized spacial score (nSPS) is 10.1. The fourth-order valence-electron chi connectivity index (χ4n) is 0.950. The van der Waals surface area contributed by atoms with Gasteiger partial charge in [-0.2, -0.15) is 0 Å². The molecule has 0 aliphatic carbocycles. The molecule has 1 N–H and O–H groups in total. The number of carbonyl (C=O) groups is 1. The minimum atomic E-state index is -1.53.